The zero-order valence-electron chi connectivity index (χ0n) is 7.69. The fourth-order valence-corrected chi connectivity index (χ4v) is 1.55. The van der Waals surface area contributed by atoms with Gasteiger partial charge in [-0.3, -0.25) is 0 Å². The minimum atomic E-state index is 0.0977. The van der Waals surface area contributed by atoms with Crippen LogP contribution in [0.5, 0.6) is 0 Å². The molecule has 0 amide bonds. The molecule has 0 spiro atoms. The van der Waals surface area contributed by atoms with Gasteiger partial charge in [0.1, 0.15) is 6.07 Å². The maximum absolute atomic E-state index is 8.61. The molecule has 1 aromatic heterocycles. The van der Waals surface area contributed by atoms with Gasteiger partial charge >= 0.3 is 0 Å². The van der Waals surface area contributed by atoms with Crippen molar-refractivity contribution in [1.82, 2.24) is 4.98 Å². The monoisotopic (exact) mass is 193 g/mol. The fraction of sp³-hybridized carbons (Fsp3) is 0.556. The number of nitriles is 1. The molecule has 1 fully saturated rings. The first-order valence-corrected chi connectivity index (χ1v) is 4.56. The van der Waals surface area contributed by atoms with Gasteiger partial charge in [-0.25, -0.2) is 4.98 Å². The first-order valence-electron chi connectivity index (χ1n) is 4.56. The fourth-order valence-electron chi connectivity index (χ4n) is 1.55. The summed E-state index contributed by atoms with van der Waals surface area (Å²) in [7, 11) is 0. The molecule has 5 nitrogen and oxygen atoms in total. The maximum atomic E-state index is 8.61. The molecule has 2 N–H and O–H groups in total. The third-order valence-corrected chi connectivity index (χ3v) is 2.23. The highest BCUT2D eigenvalue weighted by molar-refractivity contribution is 5.40. The molecule has 14 heavy (non-hydrogen) atoms. The van der Waals surface area contributed by atoms with Gasteiger partial charge in [-0.05, 0) is 12.8 Å². The van der Waals surface area contributed by atoms with Crippen LogP contribution in [0.1, 0.15) is 24.4 Å². The first kappa shape index (κ1) is 9.03. The van der Waals surface area contributed by atoms with Crippen LogP contribution >= 0.6 is 0 Å². The van der Waals surface area contributed by atoms with E-state index < -0.39 is 0 Å². The quantitative estimate of drug-likeness (QED) is 0.752. The lowest BCUT2D eigenvalue weighted by molar-refractivity contribution is 0.106. The summed E-state index contributed by atoms with van der Waals surface area (Å²) in [4.78, 5) is 3.96. The van der Waals surface area contributed by atoms with Crippen molar-refractivity contribution in [3.05, 3.63) is 11.6 Å². The van der Waals surface area contributed by atoms with Gasteiger partial charge in [0.25, 0.3) is 0 Å². The van der Waals surface area contributed by atoms with E-state index in [2.05, 4.69) is 4.98 Å². The number of nitrogen functional groups attached to an aromatic ring is 1. The predicted molar refractivity (Wildman–Crippen MR) is 48.3 cm³/mol. The summed E-state index contributed by atoms with van der Waals surface area (Å²) < 4.78 is 10.5. The maximum Gasteiger partial charge on any atom is 0.229 e. The molecule has 2 rings (SSSR count). The Morgan fingerprint density at radius 3 is 3.07 bits per heavy atom. The van der Waals surface area contributed by atoms with Crippen molar-refractivity contribution in [2.45, 2.75) is 25.4 Å². The van der Waals surface area contributed by atoms with Gasteiger partial charge in [0.15, 0.2) is 0 Å². The zero-order valence-corrected chi connectivity index (χ0v) is 7.69. The first-order chi connectivity index (χ1) is 6.79. The van der Waals surface area contributed by atoms with E-state index in [4.69, 9.17) is 20.1 Å². The van der Waals surface area contributed by atoms with Crippen molar-refractivity contribution >= 4 is 5.88 Å². The van der Waals surface area contributed by atoms with Crippen molar-refractivity contribution in [2.24, 2.45) is 0 Å². The zero-order chi connectivity index (χ0) is 9.97. The molecule has 0 radical (unpaired) electrons. The number of hydrogen-bond acceptors (Lipinski definition) is 5. The Labute approximate surface area is 81.5 Å². The molecule has 1 aliphatic rings. The summed E-state index contributed by atoms with van der Waals surface area (Å²) in [6.45, 7) is 0.798. The van der Waals surface area contributed by atoms with Crippen LogP contribution in [0.15, 0.2) is 4.42 Å². The van der Waals surface area contributed by atoms with Gasteiger partial charge in [0, 0.05) is 6.61 Å². The largest absolute Gasteiger partial charge is 0.424 e. The van der Waals surface area contributed by atoms with Gasteiger partial charge in [-0.1, -0.05) is 0 Å². The van der Waals surface area contributed by atoms with E-state index in [-0.39, 0.29) is 17.7 Å². The van der Waals surface area contributed by atoms with Crippen LogP contribution in [0.3, 0.4) is 0 Å². The Hall–Kier alpha value is -1.54. The number of aromatic nitrogens is 1. The van der Waals surface area contributed by atoms with Gasteiger partial charge in [-0.15, -0.1) is 0 Å². The molecule has 1 atom stereocenters. The van der Waals surface area contributed by atoms with E-state index in [0.717, 1.165) is 19.4 Å². The number of hydrogen-bond donors (Lipinski definition) is 1. The molecule has 0 bridgehead atoms. The Morgan fingerprint density at radius 2 is 2.50 bits per heavy atom. The Balaban J connectivity index is 2.06. The number of rotatable bonds is 2. The molecule has 1 saturated heterocycles. The molecular weight excluding hydrogens is 182 g/mol. The molecule has 74 valence electrons. The van der Waals surface area contributed by atoms with Crippen LogP contribution in [0.2, 0.25) is 0 Å². The van der Waals surface area contributed by atoms with Crippen LogP contribution in [0.25, 0.3) is 0 Å². The second kappa shape index (κ2) is 3.68. The molecule has 0 aromatic carbocycles. The second-order valence-corrected chi connectivity index (χ2v) is 3.27. The number of nitrogens with zero attached hydrogens (tertiary/aromatic N) is 2. The normalized spacial score (nSPS) is 20.9. The van der Waals surface area contributed by atoms with Crippen LogP contribution in [0, 0.1) is 11.3 Å². The Bertz CT molecular complexity index is 361. The Kier molecular flexibility index (Phi) is 2.37. The summed E-state index contributed by atoms with van der Waals surface area (Å²) in [5.41, 5.74) is 5.60. The Morgan fingerprint density at radius 1 is 1.64 bits per heavy atom. The minimum Gasteiger partial charge on any atom is -0.424 e. The van der Waals surface area contributed by atoms with E-state index in [1.54, 1.807) is 0 Å². The molecule has 5 heteroatoms. The number of nitrogens with two attached hydrogens (primary N) is 1. The number of ether oxygens (including phenoxy) is 1. The molecule has 2 heterocycles. The molecule has 0 saturated carbocycles. The second-order valence-electron chi connectivity index (χ2n) is 3.27. The summed E-state index contributed by atoms with van der Waals surface area (Å²) in [5, 5.41) is 8.61. The smallest absolute Gasteiger partial charge is 0.229 e. The SMILES string of the molecule is N#Cc1nc(CC2CCCO2)oc1N. The predicted octanol–water partition coefficient (Wildman–Crippen LogP) is 0.850. The van der Waals surface area contributed by atoms with Crippen LogP contribution in [-0.2, 0) is 11.2 Å². The molecule has 1 aromatic rings. The summed E-state index contributed by atoms with van der Waals surface area (Å²) >= 11 is 0. The summed E-state index contributed by atoms with van der Waals surface area (Å²) in [6, 6.07) is 1.87. The lowest BCUT2D eigenvalue weighted by Gasteiger charge is -2.04. The topological polar surface area (TPSA) is 85.1 Å². The highest BCUT2D eigenvalue weighted by Crippen LogP contribution is 2.19. The lowest BCUT2D eigenvalue weighted by Crippen LogP contribution is -2.08. The molecular formula is C9H11N3O2. The standard InChI is InChI=1S/C9H11N3O2/c10-5-7-9(11)14-8(12-7)4-6-2-1-3-13-6/h6H,1-4,11H2. The van der Waals surface area contributed by atoms with E-state index in [1.165, 1.54) is 0 Å². The average molecular weight is 193 g/mol. The number of oxazole rings is 1. The van der Waals surface area contributed by atoms with E-state index in [9.17, 15) is 0 Å². The van der Waals surface area contributed by atoms with Gasteiger partial charge in [-0.2, -0.15) is 5.26 Å². The van der Waals surface area contributed by atoms with Gasteiger partial charge < -0.3 is 14.9 Å². The van der Waals surface area contributed by atoms with Crippen LogP contribution < -0.4 is 5.73 Å². The highest BCUT2D eigenvalue weighted by Gasteiger charge is 2.19. The van der Waals surface area contributed by atoms with Crippen LogP contribution in [-0.4, -0.2) is 17.7 Å². The molecule has 1 aliphatic heterocycles. The van der Waals surface area contributed by atoms with E-state index in [0.29, 0.717) is 12.3 Å². The van der Waals surface area contributed by atoms with Crippen molar-refractivity contribution in [3.8, 4) is 6.07 Å². The third-order valence-electron chi connectivity index (χ3n) is 2.23. The average Bonchev–Trinajstić information content (AvgIpc) is 2.76. The molecule has 1 unspecified atom stereocenters. The summed E-state index contributed by atoms with van der Waals surface area (Å²) in [6.07, 6.45) is 2.86. The van der Waals surface area contributed by atoms with E-state index >= 15 is 0 Å². The summed E-state index contributed by atoms with van der Waals surface area (Å²) in [5.74, 6) is 0.589. The van der Waals surface area contributed by atoms with Gasteiger partial charge in [0.2, 0.25) is 17.5 Å². The number of anilines is 1. The van der Waals surface area contributed by atoms with Crippen molar-refractivity contribution in [1.29, 1.82) is 5.26 Å². The van der Waals surface area contributed by atoms with Gasteiger partial charge in [0.05, 0.1) is 12.5 Å². The van der Waals surface area contributed by atoms with Crippen molar-refractivity contribution < 1.29 is 9.15 Å². The lowest BCUT2D eigenvalue weighted by atomic mass is 10.2. The molecule has 0 aliphatic carbocycles. The van der Waals surface area contributed by atoms with Crippen molar-refractivity contribution in [2.75, 3.05) is 12.3 Å². The third kappa shape index (κ3) is 1.70. The highest BCUT2D eigenvalue weighted by atomic mass is 16.5. The van der Waals surface area contributed by atoms with Crippen LogP contribution in [0.4, 0.5) is 5.88 Å². The van der Waals surface area contributed by atoms with Crippen molar-refractivity contribution in [3.63, 3.8) is 0 Å². The van der Waals surface area contributed by atoms with E-state index in [1.807, 2.05) is 6.07 Å². The minimum absolute atomic E-state index is 0.0977.